The zero-order valence-electron chi connectivity index (χ0n) is 12.7. The third kappa shape index (κ3) is 1.75. The standard InChI is InChI=1S/C17H24N2O2/c1-18-17(12-20)11-16-8-4-2-6-13(16)10-19-9-5-3-7-14(19)15(16)21-17/h5,9-10,18,20H,2-4,6-8,11-12H2,1H3. The molecular formula is C17H24N2O2. The van der Waals surface area contributed by atoms with E-state index in [1.165, 1.54) is 24.1 Å². The van der Waals surface area contributed by atoms with Crippen molar-refractivity contribution in [3.63, 3.8) is 0 Å². The lowest BCUT2D eigenvalue weighted by molar-refractivity contribution is -0.0354. The number of nitrogens with zero attached hydrogens (tertiary/aromatic N) is 1. The summed E-state index contributed by atoms with van der Waals surface area (Å²) in [5, 5.41) is 13.1. The van der Waals surface area contributed by atoms with Crippen molar-refractivity contribution >= 4 is 0 Å². The Labute approximate surface area is 126 Å². The molecule has 3 aliphatic heterocycles. The fourth-order valence-electron chi connectivity index (χ4n) is 4.48. The van der Waals surface area contributed by atoms with Crippen molar-refractivity contribution in [2.75, 3.05) is 13.7 Å². The Morgan fingerprint density at radius 3 is 3.10 bits per heavy atom. The Kier molecular flexibility index (Phi) is 2.95. The number of hydrogen-bond acceptors (Lipinski definition) is 4. The molecule has 1 saturated heterocycles. The molecule has 4 rings (SSSR count). The summed E-state index contributed by atoms with van der Waals surface area (Å²) in [5.74, 6) is 1.13. The molecule has 114 valence electrons. The third-order valence-electron chi connectivity index (χ3n) is 5.63. The van der Waals surface area contributed by atoms with Gasteiger partial charge in [0.2, 0.25) is 0 Å². The molecule has 2 atom stereocenters. The van der Waals surface area contributed by atoms with Crippen molar-refractivity contribution in [3.8, 4) is 0 Å². The van der Waals surface area contributed by atoms with E-state index >= 15 is 0 Å². The predicted octanol–water partition coefficient (Wildman–Crippen LogP) is 2.59. The minimum absolute atomic E-state index is 0.0190. The fourth-order valence-corrected chi connectivity index (χ4v) is 4.48. The first-order valence-corrected chi connectivity index (χ1v) is 8.12. The highest BCUT2D eigenvalue weighted by Crippen LogP contribution is 2.60. The van der Waals surface area contributed by atoms with Crippen LogP contribution in [0.2, 0.25) is 0 Å². The Morgan fingerprint density at radius 1 is 1.38 bits per heavy atom. The number of likely N-dealkylation sites (N-methyl/N-ethyl adjacent to an activating group) is 1. The molecule has 4 nitrogen and oxygen atoms in total. The van der Waals surface area contributed by atoms with Gasteiger partial charge in [-0.15, -0.1) is 0 Å². The van der Waals surface area contributed by atoms with Gasteiger partial charge < -0.3 is 14.7 Å². The molecule has 21 heavy (non-hydrogen) atoms. The summed E-state index contributed by atoms with van der Waals surface area (Å²) in [6, 6.07) is 0. The SMILES string of the molecule is CNC1(CO)CC23CCCCC2=CN2C=CCCC2=C3O1. The van der Waals surface area contributed by atoms with Crippen molar-refractivity contribution < 1.29 is 9.84 Å². The van der Waals surface area contributed by atoms with Gasteiger partial charge in [-0.05, 0) is 44.7 Å². The lowest BCUT2D eigenvalue weighted by Crippen LogP contribution is -2.46. The number of hydrogen-bond donors (Lipinski definition) is 2. The molecule has 1 spiro atoms. The van der Waals surface area contributed by atoms with Crippen molar-refractivity contribution in [2.45, 2.75) is 50.7 Å². The molecule has 0 amide bonds. The summed E-state index contributed by atoms with van der Waals surface area (Å²) >= 11 is 0. The van der Waals surface area contributed by atoms with Crippen LogP contribution in [0.1, 0.15) is 44.9 Å². The summed E-state index contributed by atoms with van der Waals surface area (Å²) in [5.41, 5.74) is 2.20. The fraction of sp³-hybridized carbons (Fsp3) is 0.647. The number of aliphatic hydroxyl groups excluding tert-OH is 1. The third-order valence-corrected chi connectivity index (χ3v) is 5.63. The first kappa shape index (κ1) is 13.4. The van der Waals surface area contributed by atoms with E-state index in [1.54, 1.807) is 0 Å². The van der Waals surface area contributed by atoms with Gasteiger partial charge in [-0.25, -0.2) is 0 Å². The van der Waals surface area contributed by atoms with Crippen LogP contribution in [0.25, 0.3) is 0 Å². The summed E-state index contributed by atoms with van der Waals surface area (Å²) in [4.78, 5) is 2.25. The highest BCUT2D eigenvalue weighted by molar-refractivity contribution is 5.41. The average molecular weight is 288 g/mol. The van der Waals surface area contributed by atoms with E-state index in [9.17, 15) is 5.11 Å². The molecule has 4 heteroatoms. The molecule has 3 heterocycles. The number of fused-ring (bicyclic) bond motifs is 1. The molecule has 0 bridgehead atoms. The van der Waals surface area contributed by atoms with E-state index in [-0.39, 0.29) is 12.0 Å². The molecule has 2 unspecified atom stereocenters. The van der Waals surface area contributed by atoms with Crippen LogP contribution in [0.5, 0.6) is 0 Å². The van der Waals surface area contributed by atoms with E-state index in [0.717, 1.165) is 37.9 Å². The molecule has 0 aromatic rings. The summed E-state index contributed by atoms with van der Waals surface area (Å²) in [7, 11) is 1.89. The number of aliphatic hydroxyl groups is 1. The van der Waals surface area contributed by atoms with Crippen LogP contribution in [0, 0.1) is 5.41 Å². The monoisotopic (exact) mass is 288 g/mol. The normalized spacial score (nSPS) is 37.6. The quantitative estimate of drug-likeness (QED) is 0.820. The van der Waals surface area contributed by atoms with E-state index in [2.05, 4.69) is 28.7 Å². The van der Waals surface area contributed by atoms with Crippen molar-refractivity contribution in [1.82, 2.24) is 10.2 Å². The molecule has 0 radical (unpaired) electrons. The molecule has 4 aliphatic rings. The van der Waals surface area contributed by atoms with Crippen LogP contribution in [0.3, 0.4) is 0 Å². The van der Waals surface area contributed by atoms with Gasteiger partial charge in [0.05, 0.1) is 17.7 Å². The minimum Gasteiger partial charge on any atom is -0.472 e. The Bertz CT molecular complexity index is 545. The van der Waals surface area contributed by atoms with Crippen LogP contribution in [-0.2, 0) is 4.74 Å². The zero-order chi connectivity index (χ0) is 14.5. The number of nitrogens with one attached hydrogen (secondary N) is 1. The number of rotatable bonds is 2. The van der Waals surface area contributed by atoms with Gasteiger partial charge in [0, 0.05) is 18.8 Å². The summed E-state index contributed by atoms with van der Waals surface area (Å²) < 4.78 is 6.38. The van der Waals surface area contributed by atoms with Crippen molar-refractivity contribution in [2.24, 2.45) is 5.41 Å². The summed E-state index contributed by atoms with van der Waals surface area (Å²) in [6.07, 6.45) is 14.5. The van der Waals surface area contributed by atoms with Crippen LogP contribution in [0.15, 0.2) is 35.5 Å². The lowest BCUT2D eigenvalue weighted by Gasteiger charge is -2.42. The van der Waals surface area contributed by atoms with Gasteiger partial charge in [-0.1, -0.05) is 12.5 Å². The van der Waals surface area contributed by atoms with Gasteiger partial charge in [-0.3, -0.25) is 5.32 Å². The topological polar surface area (TPSA) is 44.7 Å². The molecular weight excluding hydrogens is 264 g/mol. The van der Waals surface area contributed by atoms with Gasteiger partial charge >= 0.3 is 0 Å². The molecule has 0 aromatic carbocycles. The lowest BCUT2D eigenvalue weighted by atomic mass is 9.65. The highest BCUT2D eigenvalue weighted by Gasteiger charge is 2.58. The second kappa shape index (κ2) is 4.62. The van der Waals surface area contributed by atoms with Gasteiger partial charge in [-0.2, -0.15) is 0 Å². The maximum atomic E-state index is 9.89. The number of ether oxygens (including phenoxy) is 1. The Balaban J connectivity index is 1.86. The van der Waals surface area contributed by atoms with Gasteiger partial charge in [0.25, 0.3) is 0 Å². The molecule has 0 aromatic heterocycles. The van der Waals surface area contributed by atoms with Crippen molar-refractivity contribution in [1.29, 1.82) is 0 Å². The molecule has 1 aliphatic carbocycles. The highest BCUT2D eigenvalue weighted by atomic mass is 16.5. The maximum absolute atomic E-state index is 9.89. The first-order chi connectivity index (χ1) is 10.2. The van der Waals surface area contributed by atoms with Crippen LogP contribution < -0.4 is 5.32 Å². The largest absolute Gasteiger partial charge is 0.472 e. The van der Waals surface area contributed by atoms with Crippen LogP contribution in [0.4, 0.5) is 0 Å². The maximum Gasteiger partial charge on any atom is 0.184 e. The Hall–Kier alpha value is -1.26. The smallest absolute Gasteiger partial charge is 0.184 e. The van der Waals surface area contributed by atoms with Gasteiger partial charge in [0.15, 0.2) is 5.72 Å². The minimum atomic E-state index is -0.615. The van der Waals surface area contributed by atoms with E-state index in [4.69, 9.17) is 4.74 Å². The summed E-state index contributed by atoms with van der Waals surface area (Å²) in [6.45, 7) is 0.0190. The second-order valence-corrected chi connectivity index (χ2v) is 6.73. The molecule has 1 saturated carbocycles. The molecule has 2 fully saturated rings. The van der Waals surface area contributed by atoms with Gasteiger partial charge in [0.1, 0.15) is 5.76 Å². The Morgan fingerprint density at radius 2 is 2.29 bits per heavy atom. The average Bonchev–Trinajstić information content (AvgIpc) is 2.88. The molecule has 2 N–H and O–H groups in total. The predicted molar refractivity (Wildman–Crippen MR) is 80.8 cm³/mol. The van der Waals surface area contributed by atoms with Crippen LogP contribution >= 0.6 is 0 Å². The van der Waals surface area contributed by atoms with Crippen molar-refractivity contribution in [3.05, 3.63) is 35.5 Å². The van der Waals surface area contributed by atoms with E-state index in [0.29, 0.717) is 0 Å². The number of allylic oxidation sites excluding steroid dienone is 3. The van der Waals surface area contributed by atoms with Crippen LogP contribution in [-0.4, -0.2) is 29.4 Å². The first-order valence-electron chi connectivity index (χ1n) is 8.12. The zero-order valence-corrected chi connectivity index (χ0v) is 12.7. The van der Waals surface area contributed by atoms with E-state index < -0.39 is 5.72 Å². The second-order valence-electron chi connectivity index (χ2n) is 6.73. The van der Waals surface area contributed by atoms with E-state index in [1.807, 2.05) is 7.05 Å².